The van der Waals surface area contributed by atoms with Crippen molar-refractivity contribution in [2.45, 2.75) is 0 Å². The van der Waals surface area contributed by atoms with E-state index in [-0.39, 0.29) is 11.3 Å². The Morgan fingerprint density at radius 1 is 0.955 bits per heavy atom. The molecule has 108 valence electrons. The number of carboxylic acid groups (broad SMARTS) is 1. The summed E-state index contributed by atoms with van der Waals surface area (Å²) < 4.78 is 0. The molecule has 4 nitrogen and oxygen atoms in total. The second-order valence-electron chi connectivity index (χ2n) is 4.81. The van der Waals surface area contributed by atoms with Crippen molar-refractivity contribution in [2.24, 2.45) is 0 Å². The van der Waals surface area contributed by atoms with E-state index in [2.05, 4.69) is 4.98 Å². The van der Waals surface area contributed by atoms with Crippen LogP contribution < -0.4 is 0 Å². The summed E-state index contributed by atoms with van der Waals surface area (Å²) in [5.74, 6) is -0.766. The molecule has 3 aromatic rings. The second kappa shape index (κ2) is 5.69. The Labute approximate surface area is 127 Å². The van der Waals surface area contributed by atoms with Gasteiger partial charge in [-0.3, -0.25) is 0 Å². The molecule has 0 unspecified atom stereocenters. The lowest BCUT2D eigenvalue weighted by Crippen LogP contribution is -1.98. The van der Waals surface area contributed by atoms with E-state index in [9.17, 15) is 9.90 Å². The van der Waals surface area contributed by atoms with Gasteiger partial charge < -0.3 is 10.2 Å². The molecule has 0 spiro atoms. The Morgan fingerprint density at radius 3 is 2.55 bits per heavy atom. The molecule has 1 aromatic heterocycles. The summed E-state index contributed by atoms with van der Waals surface area (Å²) in [6, 6.07) is 15.5. The average Bonchev–Trinajstić information content (AvgIpc) is 2.53. The summed E-state index contributed by atoms with van der Waals surface area (Å²) in [5.41, 5.74) is 2.25. The molecule has 0 aliphatic rings. The largest absolute Gasteiger partial charge is 0.507 e. The van der Waals surface area contributed by atoms with Crippen LogP contribution in [0.4, 0.5) is 0 Å². The maximum atomic E-state index is 11.2. The molecule has 0 aliphatic carbocycles. The molecule has 0 atom stereocenters. The molecule has 22 heavy (non-hydrogen) atoms. The van der Waals surface area contributed by atoms with Crippen LogP contribution in [0.15, 0.2) is 54.6 Å². The van der Waals surface area contributed by atoms with Crippen molar-refractivity contribution in [1.29, 1.82) is 0 Å². The van der Waals surface area contributed by atoms with Crippen LogP contribution in [0.5, 0.6) is 5.75 Å². The number of aromatic nitrogens is 1. The predicted molar refractivity (Wildman–Crippen MR) is 85.7 cm³/mol. The predicted octanol–water partition coefficient (Wildman–Crippen LogP) is 3.81. The number of fused-ring (bicyclic) bond motifs is 1. The van der Waals surface area contributed by atoms with Gasteiger partial charge in [0.2, 0.25) is 0 Å². The SMILES string of the molecule is O=C(O)c1cccc2nc(/C=C/c3ccccc3O)ccc12. The number of aromatic hydroxyl groups is 1. The van der Waals surface area contributed by atoms with Gasteiger partial charge >= 0.3 is 5.97 Å². The van der Waals surface area contributed by atoms with Crippen LogP contribution in [-0.2, 0) is 0 Å². The monoisotopic (exact) mass is 291 g/mol. The number of benzene rings is 2. The maximum Gasteiger partial charge on any atom is 0.336 e. The van der Waals surface area contributed by atoms with Gasteiger partial charge in [0.25, 0.3) is 0 Å². The normalized spacial score (nSPS) is 11.1. The van der Waals surface area contributed by atoms with E-state index in [1.54, 1.807) is 60.7 Å². The van der Waals surface area contributed by atoms with Crippen molar-refractivity contribution in [3.8, 4) is 5.75 Å². The molecule has 0 saturated heterocycles. The highest BCUT2D eigenvalue weighted by molar-refractivity contribution is 6.02. The number of hydrogen-bond donors (Lipinski definition) is 2. The van der Waals surface area contributed by atoms with E-state index < -0.39 is 5.97 Å². The molecular formula is C18H13NO3. The Morgan fingerprint density at radius 2 is 1.77 bits per heavy atom. The minimum atomic E-state index is -0.968. The zero-order valence-corrected chi connectivity index (χ0v) is 11.6. The molecule has 2 aromatic carbocycles. The first kappa shape index (κ1) is 13.8. The third-order valence-electron chi connectivity index (χ3n) is 3.35. The molecule has 1 heterocycles. The van der Waals surface area contributed by atoms with Crippen LogP contribution in [0, 0.1) is 0 Å². The number of nitrogens with zero attached hydrogens (tertiary/aromatic N) is 1. The van der Waals surface area contributed by atoms with Crippen molar-refractivity contribution in [1.82, 2.24) is 4.98 Å². The third kappa shape index (κ3) is 2.67. The van der Waals surface area contributed by atoms with Crippen LogP contribution in [-0.4, -0.2) is 21.2 Å². The van der Waals surface area contributed by atoms with Gasteiger partial charge in [0.15, 0.2) is 0 Å². The summed E-state index contributed by atoms with van der Waals surface area (Å²) in [5, 5.41) is 19.5. The van der Waals surface area contributed by atoms with Crippen molar-refractivity contribution in [3.63, 3.8) is 0 Å². The molecular weight excluding hydrogens is 278 g/mol. The van der Waals surface area contributed by atoms with Gasteiger partial charge in [-0.1, -0.05) is 24.3 Å². The Balaban J connectivity index is 2.00. The fraction of sp³-hybridized carbons (Fsp3) is 0. The van der Waals surface area contributed by atoms with E-state index >= 15 is 0 Å². The zero-order chi connectivity index (χ0) is 15.5. The fourth-order valence-corrected chi connectivity index (χ4v) is 2.25. The first-order valence-corrected chi connectivity index (χ1v) is 6.74. The molecule has 0 radical (unpaired) electrons. The van der Waals surface area contributed by atoms with E-state index in [0.29, 0.717) is 22.2 Å². The lowest BCUT2D eigenvalue weighted by molar-refractivity contribution is 0.0699. The van der Waals surface area contributed by atoms with Crippen LogP contribution in [0.3, 0.4) is 0 Å². The van der Waals surface area contributed by atoms with Crippen LogP contribution in [0.25, 0.3) is 23.1 Å². The van der Waals surface area contributed by atoms with Crippen LogP contribution in [0.1, 0.15) is 21.6 Å². The van der Waals surface area contributed by atoms with Gasteiger partial charge in [0, 0.05) is 10.9 Å². The second-order valence-corrected chi connectivity index (χ2v) is 4.81. The lowest BCUT2D eigenvalue weighted by atomic mass is 10.1. The summed E-state index contributed by atoms with van der Waals surface area (Å²) in [4.78, 5) is 15.6. The van der Waals surface area contributed by atoms with Gasteiger partial charge in [-0.25, -0.2) is 9.78 Å². The van der Waals surface area contributed by atoms with Crippen molar-refractivity contribution < 1.29 is 15.0 Å². The number of rotatable bonds is 3. The number of phenolic OH excluding ortho intramolecular Hbond substituents is 1. The number of carbonyl (C=O) groups is 1. The van der Waals surface area contributed by atoms with E-state index in [1.807, 2.05) is 6.07 Å². The standard InChI is InChI=1S/C18H13NO3/c20-17-7-2-1-4-12(17)8-9-13-10-11-14-15(18(21)22)5-3-6-16(14)19-13/h1-11,20H,(H,21,22)/b9-8+. The zero-order valence-electron chi connectivity index (χ0n) is 11.6. The number of phenols is 1. The highest BCUT2D eigenvalue weighted by Crippen LogP contribution is 2.21. The first-order chi connectivity index (χ1) is 10.6. The van der Waals surface area contributed by atoms with Gasteiger partial charge in [-0.05, 0) is 42.5 Å². The van der Waals surface area contributed by atoms with Crippen LogP contribution >= 0.6 is 0 Å². The molecule has 0 saturated carbocycles. The molecule has 3 rings (SSSR count). The summed E-state index contributed by atoms with van der Waals surface area (Å²) >= 11 is 0. The minimum absolute atomic E-state index is 0.202. The topological polar surface area (TPSA) is 70.4 Å². The van der Waals surface area contributed by atoms with E-state index in [0.717, 1.165) is 0 Å². The molecule has 0 fully saturated rings. The Hall–Kier alpha value is -3.14. The lowest BCUT2D eigenvalue weighted by Gasteiger charge is -2.03. The molecule has 0 bridgehead atoms. The van der Waals surface area contributed by atoms with Gasteiger partial charge in [-0.15, -0.1) is 0 Å². The van der Waals surface area contributed by atoms with E-state index in [1.165, 1.54) is 0 Å². The van der Waals surface area contributed by atoms with Crippen molar-refractivity contribution in [2.75, 3.05) is 0 Å². The fourth-order valence-electron chi connectivity index (χ4n) is 2.25. The number of aromatic carboxylic acids is 1. The van der Waals surface area contributed by atoms with Crippen molar-refractivity contribution >= 4 is 29.0 Å². The van der Waals surface area contributed by atoms with Gasteiger partial charge in [0.05, 0.1) is 16.8 Å². The maximum absolute atomic E-state index is 11.2. The third-order valence-corrected chi connectivity index (χ3v) is 3.35. The van der Waals surface area contributed by atoms with Crippen LogP contribution in [0.2, 0.25) is 0 Å². The summed E-state index contributed by atoms with van der Waals surface area (Å²) in [6.45, 7) is 0. The Kier molecular flexibility index (Phi) is 3.58. The summed E-state index contributed by atoms with van der Waals surface area (Å²) in [7, 11) is 0. The van der Waals surface area contributed by atoms with Crippen molar-refractivity contribution in [3.05, 3.63) is 71.4 Å². The van der Waals surface area contributed by atoms with Gasteiger partial charge in [0.1, 0.15) is 5.75 Å². The first-order valence-electron chi connectivity index (χ1n) is 6.74. The summed E-state index contributed by atoms with van der Waals surface area (Å²) in [6.07, 6.45) is 3.55. The molecule has 0 aliphatic heterocycles. The molecule has 4 heteroatoms. The molecule has 2 N–H and O–H groups in total. The number of pyridine rings is 1. The number of carboxylic acids is 1. The molecule has 0 amide bonds. The highest BCUT2D eigenvalue weighted by atomic mass is 16.4. The van der Waals surface area contributed by atoms with E-state index in [4.69, 9.17) is 5.11 Å². The minimum Gasteiger partial charge on any atom is -0.507 e. The number of hydrogen-bond acceptors (Lipinski definition) is 3. The average molecular weight is 291 g/mol. The highest BCUT2D eigenvalue weighted by Gasteiger charge is 2.08. The quantitative estimate of drug-likeness (QED) is 0.769. The Bertz CT molecular complexity index is 884. The number of para-hydroxylation sites is 1. The van der Waals surface area contributed by atoms with Gasteiger partial charge in [-0.2, -0.15) is 0 Å². The smallest absolute Gasteiger partial charge is 0.336 e.